The Balaban J connectivity index is 1.54. The van der Waals surface area contributed by atoms with E-state index in [1.807, 2.05) is 24.3 Å². The van der Waals surface area contributed by atoms with Gasteiger partial charge in [-0.2, -0.15) is 0 Å². The number of carbonyl (C=O) groups is 1. The third-order valence-corrected chi connectivity index (χ3v) is 7.15. The molecule has 1 saturated heterocycles. The zero-order valence-corrected chi connectivity index (χ0v) is 18.4. The van der Waals surface area contributed by atoms with Crippen LogP contribution in [0.2, 0.25) is 0 Å². The Bertz CT molecular complexity index is 850. The van der Waals surface area contributed by atoms with Gasteiger partial charge in [0.1, 0.15) is 5.75 Å². The minimum Gasteiger partial charge on any atom is -0.497 e. The first-order valence-electron chi connectivity index (χ1n) is 11.0. The highest BCUT2D eigenvalue weighted by molar-refractivity contribution is 8.00. The van der Waals surface area contributed by atoms with E-state index in [-0.39, 0.29) is 11.2 Å². The van der Waals surface area contributed by atoms with Crippen molar-refractivity contribution >= 4 is 23.4 Å². The van der Waals surface area contributed by atoms with E-state index in [9.17, 15) is 4.79 Å². The van der Waals surface area contributed by atoms with Gasteiger partial charge in [-0.15, -0.1) is 10.2 Å². The highest BCUT2D eigenvalue weighted by Crippen LogP contribution is 2.35. The molecule has 1 unspecified atom stereocenters. The summed E-state index contributed by atoms with van der Waals surface area (Å²) in [6.07, 6.45) is 9.07. The van der Waals surface area contributed by atoms with Gasteiger partial charge in [-0.25, -0.2) is 0 Å². The van der Waals surface area contributed by atoms with E-state index in [1.54, 1.807) is 18.9 Å². The minimum absolute atomic E-state index is 0.0850. The summed E-state index contributed by atoms with van der Waals surface area (Å²) in [6.45, 7) is 1.37. The smallest absolute Gasteiger partial charge is 0.233 e. The Hall–Kier alpha value is -2.22. The lowest BCUT2D eigenvalue weighted by molar-refractivity contribution is -0.120. The molecule has 1 aliphatic heterocycles. The number of hydrogen-bond acceptors (Lipinski definition) is 6. The molecule has 7 nitrogen and oxygen atoms in total. The molecule has 0 spiro atoms. The van der Waals surface area contributed by atoms with Gasteiger partial charge < -0.3 is 19.9 Å². The van der Waals surface area contributed by atoms with Crippen LogP contribution in [0.15, 0.2) is 29.4 Å². The number of amides is 1. The standard InChI is InChI=1S/C22H31N5O2S/c1-29-18-11-7-8-16(14-18)24-15-20-25-26-22(27(20)17-9-3-2-4-10-17)30-19-12-5-6-13-23-21(19)28/h7-8,11,14,17,19,24H,2-6,9-10,12-13,15H2,1H3,(H,23,28). The average molecular weight is 430 g/mol. The number of anilines is 1. The fourth-order valence-electron chi connectivity index (χ4n) is 4.28. The van der Waals surface area contributed by atoms with Crippen LogP contribution in [0, 0.1) is 0 Å². The summed E-state index contributed by atoms with van der Waals surface area (Å²) < 4.78 is 7.62. The maximum absolute atomic E-state index is 12.5. The maximum Gasteiger partial charge on any atom is 0.233 e. The van der Waals surface area contributed by atoms with E-state index < -0.39 is 0 Å². The molecule has 1 aliphatic carbocycles. The maximum atomic E-state index is 12.5. The minimum atomic E-state index is -0.0850. The Morgan fingerprint density at radius 3 is 2.83 bits per heavy atom. The number of ether oxygens (including phenoxy) is 1. The molecule has 1 aromatic heterocycles. The quantitative estimate of drug-likeness (QED) is 0.688. The van der Waals surface area contributed by atoms with Gasteiger partial charge in [0.25, 0.3) is 0 Å². The summed E-state index contributed by atoms with van der Waals surface area (Å²) in [7, 11) is 1.67. The normalized spacial score (nSPS) is 20.4. The van der Waals surface area contributed by atoms with E-state index in [1.165, 1.54) is 19.3 Å². The summed E-state index contributed by atoms with van der Waals surface area (Å²) in [5, 5.41) is 16.3. The molecular weight excluding hydrogens is 398 g/mol. The van der Waals surface area contributed by atoms with Gasteiger partial charge in [-0.1, -0.05) is 43.5 Å². The molecule has 2 heterocycles. The van der Waals surface area contributed by atoms with Crippen molar-refractivity contribution in [3.63, 3.8) is 0 Å². The first kappa shape index (κ1) is 21.0. The Labute approximate surface area is 182 Å². The van der Waals surface area contributed by atoms with E-state index in [4.69, 9.17) is 4.74 Å². The number of rotatable bonds is 7. The molecule has 1 aromatic carbocycles. The first-order chi connectivity index (χ1) is 14.7. The molecule has 1 atom stereocenters. The number of carbonyl (C=O) groups excluding carboxylic acids is 1. The predicted octanol–water partition coefficient (Wildman–Crippen LogP) is 4.16. The molecule has 8 heteroatoms. The van der Waals surface area contributed by atoms with Crippen molar-refractivity contribution in [2.24, 2.45) is 0 Å². The molecule has 1 amide bonds. The van der Waals surface area contributed by atoms with E-state index >= 15 is 0 Å². The van der Waals surface area contributed by atoms with E-state index in [0.717, 1.165) is 61.1 Å². The zero-order chi connectivity index (χ0) is 20.8. The van der Waals surface area contributed by atoms with Crippen molar-refractivity contribution in [2.75, 3.05) is 19.0 Å². The largest absolute Gasteiger partial charge is 0.497 e. The predicted molar refractivity (Wildman–Crippen MR) is 119 cm³/mol. The van der Waals surface area contributed by atoms with Crippen molar-refractivity contribution < 1.29 is 9.53 Å². The fourth-order valence-corrected chi connectivity index (χ4v) is 5.46. The molecule has 4 rings (SSSR count). The Morgan fingerprint density at radius 2 is 2.00 bits per heavy atom. The Kier molecular flexibility index (Phi) is 7.15. The van der Waals surface area contributed by atoms with Crippen molar-refractivity contribution in [1.82, 2.24) is 20.1 Å². The summed E-state index contributed by atoms with van der Waals surface area (Å²) in [6, 6.07) is 8.32. The average Bonchev–Trinajstić information content (AvgIpc) is 3.08. The van der Waals surface area contributed by atoms with Crippen LogP contribution in [0.4, 0.5) is 5.69 Å². The van der Waals surface area contributed by atoms with E-state index in [0.29, 0.717) is 12.6 Å². The number of methoxy groups -OCH3 is 1. The molecule has 1 saturated carbocycles. The summed E-state index contributed by atoms with van der Waals surface area (Å²) >= 11 is 1.58. The SMILES string of the molecule is COc1cccc(NCc2nnc(SC3CCCCNC3=O)n2C2CCCCC2)c1. The topological polar surface area (TPSA) is 81.1 Å². The van der Waals surface area contributed by atoms with Crippen molar-refractivity contribution in [3.8, 4) is 5.75 Å². The van der Waals surface area contributed by atoms with Crippen LogP contribution in [0.5, 0.6) is 5.75 Å². The second-order valence-corrected chi connectivity index (χ2v) is 9.21. The number of nitrogens with zero attached hydrogens (tertiary/aromatic N) is 3. The van der Waals surface area contributed by atoms with Crippen LogP contribution in [-0.2, 0) is 11.3 Å². The number of thioether (sulfide) groups is 1. The van der Waals surface area contributed by atoms with Crippen molar-refractivity contribution in [3.05, 3.63) is 30.1 Å². The van der Waals surface area contributed by atoms with Gasteiger partial charge in [-0.3, -0.25) is 4.79 Å². The molecule has 2 N–H and O–H groups in total. The lowest BCUT2D eigenvalue weighted by Crippen LogP contribution is -2.31. The second-order valence-electron chi connectivity index (χ2n) is 8.04. The highest BCUT2D eigenvalue weighted by Gasteiger charge is 2.28. The molecule has 0 bridgehead atoms. The van der Waals surface area contributed by atoms with Crippen LogP contribution >= 0.6 is 11.8 Å². The second kappa shape index (κ2) is 10.2. The number of hydrogen-bond donors (Lipinski definition) is 2. The summed E-state index contributed by atoms with van der Waals surface area (Å²) in [5.41, 5.74) is 0.991. The fraction of sp³-hybridized carbons (Fsp3) is 0.591. The molecule has 30 heavy (non-hydrogen) atoms. The van der Waals surface area contributed by atoms with Crippen molar-refractivity contribution in [1.29, 1.82) is 0 Å². The van der Waals surface area contributed by atoms with Gasteiger partial charge in [0, 0.05) is 24.3 Å². The monoisotopic (exact) mass is 429 g/mol. The first-order valence-corrected chi connectivity index (χ1v) is 11.9. The third-order valence-electron chi connectivity index (χ3n) is 5.93. The van der Waals surface area contributed by atoms with Gasteiger partial charge in [0.05, 0.1) is 18.9 Å². The summed E-state index contributed by atoms with van der Waals surface area (Å²) in [4.78, 5) is 12.5. The van der Waals surface area contributed by atoms with Crippen LogP contribution in [0.1, 0.15) is 63.2 Å². The van der Waals surface area contributed by atoms with Gasteiger partial charge in [0.15, 0.2) is 11.0 Å². The van der Waals surface area contributed by atoms with E-state index in [2.05, 4.69) is 25.4 Å². The van der Waals surface area contributed by atoms with Crippen LogP contribution < -0.4 is 15.4 Å². The third kappa shape index (κ3) is 5.09. The van der Waals surface area contributed by atoms with Crippen LogP contribution in [-0.4, -0.2) is 39.6 Å². The number of aromatic nitrogens is 3. The molecule has 162 valence electrons. The lowest BCUT2D eigenvalue weighted by Gasteiger charge is -2.26. The summed E-state index contributed by atoms with van der Waals surface area (Å²) in [5.74, 6) is 1.89. The number of benzene rings is 1. The molecular formula is C22H31N5O2S. The molecule has 0 radical (unpaired) electrons. The molecule has 2 fully saturated rings. The molecule has 2 aromatic rings. The van der Waals surface area contributed by atoms with Gasteiger partial charge >= 0.3 is 0 Å². The lowest BCUT2D eigenvalue weighted by atomic mass is 9.95. The van der Waals surface area contributed by atoms with Gasteiger partial charge in [-0.05, 0) is 37.8 Å². The molecule has 2 aliphatic rings. The van der Waals surface area contributed by atoms with Gasteiger partial charge in [0.2, 0.25) is 5.91 Å². The highest BCUT2D eigenvalue weighted by atomic mass is 32.2. The zero-order valence-electron chi connectivity index (χ0n) is 17.6. The van der Waals surface area contributed by atoms with Crippen molar-refractivity contribution in [2.45, 2.75) is 74.4 Å². The number of nitrogens with one attached hydrogen (secondary N) is 2. The van der Waals surface area contributed by atoms with Crippen LogP contribution in [0.25, 0.3) is 0 Å². The Morgan fingerprint density at radius 1 is 1.17 bits per heavy atom. The van der Waals surface area contributed by atoms with Crippen LogP contribution in [0.3, 0.4) is 0 Å².